The number of nitrogens with one attached hydrogen (secondary N) is 1. The first-order chi connectivity index (χ1) is 9.66. The Bertz CT molecular complexity index is 551. The molecular formula is C15H17N3O2. The predicted molar refractivity (Wildman–Crippen MR) is 79.1 cm³/mol. The number of nitrogens with zero attached hydrogens (tertiary/aromatic N) is 1. The standard InChI is InChI=1S/C9H10N2O.C6H7NO/c12-9-6-7-11(10-9)8-4-2-1-3-5-8;7-5-3-1-2-4-6(5)8/h1-5H,6-7H2,(H,10,12);1-4,8H,7H2. The summed E-state index contributed by atoms with van der Waals surface area (Å²) in [5, 5.41) is 10.7. The molecular weight excluding hydrogens is 254 g/mol. The van der Waals surface area contributed by atoms with Crippen molar-refractivity contribution in [2.24, 2.45) is 0 Å². The van der Waals surface area contributed by atoms with Crippen molar-refractivity contribution < 1.29 is 9.90 Å². The van der Waals surface area contributed by atoms with Crippen LogP contribution in [0.15, 0.2) is 54.6 Å². The zero-order valence-corrected chi connectivity index (χ0v) is 11.0. The number of hydrogen-bond donors (Lipinski definition) is 3. The summed E-state index contributed by atoms with van der Waals surface area (Å²) in [5.41, 5.74) is 9.50. The minimum Gasteiger partial charge on any atom is -0.506 e. The minimum absolute atomic E-state index is 0.0962. The summed E-state index contributed by atoms with van der Waals surface area (Å²) in [7, 11) is 0. The van der Waals surface area contributed by atoms with Crippen LogP contribution in [0.1, 0.15) is 6.42 Å². The van der Waals surface area contributed by atoms with E-state index in [2.05, 4.69) is 5.43 Å². The van der Waals surface area contributed by atoms with Gasteiger partial charge in [-0.3, -0.25) is 15.2 Å². The highest BCUT2D eigenvalue weighted by atomic mass is 16.3. The average Bonchev–Trinajstić information content (AvgIpc) is 2.91. The van der Waals surface area contributed by atoms with E-state index in [-0.39, 0.29) is 11.7 Å². The van der Waals surface area contributed by atoms with E-state index >= 15 is 0 Å². The molecule has 0 unspecified atom stereocenters. The van der Waals surface area contributed by atoms with Gasteiger partial charge in [0, 0.05) is 13.0 Å². The average molecular weight is 271 g/mol. The molecule has 20 heavy (non-hydrogen) atoms. The van der Waals surface area contributed by atoms with Crippen LogP contribution in [-0.2, 0) is 4.79 Å². The third-order valence-corrected chi connectivity index (χ3v) is 2.83. The molecule has 1 saturated heterocycles. The van der Waals surface area contributed by atoms with E-state index < -0.39 is 0 Å². The van der Waals surface area contributed by atoms with Gasteiger partial charge in [0.2, 0.25) is 5.91 Å². The number of anilines is 2. The van der Waals surface area contributed by atoms with Gasteiger partial charge in [-0.2, -0.15) is 0 Å². The second-order valence-electron chi connectivity index (χ2n) is 4.33. The molecule has 3 rings (SSSR count). The Morgan fingerprint density at radius 1 is 1.05 bits per heavy atom. The van der Waals surface area contributed by atoms with E-state index in [0.717, 1.165) is 12.2 Å². The van der Waals surface area contributed by atoms with Crippen molar-refractivity contribution in [3.63, 3.8) is 0 Å². The van der Waals surface area contributed by atoms with Crippen LogP contribution in [0.3, 0.4) is 0 Å². The van der Waals surface area contributed by atoms with E-state index in [1.807, 2.05) is 35.3 Å². The smallest absolute Gasteiger partial charge is 0.240 e. The number of amides is 1. The van der Waals surface area contributed by atoms with Crippen molar-refractivity contribution in [2.45, 2.75) is 6.42 Å². The zero-order valence-electron chi connectivity index (χ0n) is 11.0. The fourth-order valence-corrected chi connectivity index (χ4v) is 1.76. The Morgan fingerprint density at radius 2 is 1.70 bits per heavy atom. The van der Waals surface area contributed by atoms with E-state index in [0.29, 0.717) is 12.1 Å². The number of aromatic hydroxyl groups is 1. The number of phenols is 1. The van der Waals surface area contributed by atoms with Crippen LogP contribution >= 0.6 is 0 Å². The van der Waals surface area contributed by atoms with Crippen molar-refractivity contribution in [1.29, 1.82) is 0 Å². The molecule has 104 valence electrons. The molecule has 0 aromatic heterocycles. The molecule has 5 heteroatoms. The van der Waals surface area contributed by atoms with Crippen LogP contribution in [0.25, 0.3) is 0 Å². The second kappa shape index (κ2) is 6.47. The maximum atomic E-state index is 10.9. The molecule has 1 aliphatic heterocycles. The first kappa shape index (κ1) is 13.7. The number of carbonyl (C=O) groups excluding carboxylic acids is 1. The number of rotatable bonds is 1. The van der Waals surface area contributed by atoms with Gasteiger partial charge in [0.15, 0.2) is 0 Å². The topological polar surface area (TPSA) is 78.6 Å². The van der Waals surface area contributed by atoms with Gasteiger partial charge in [-0.05, 0) is 24.3 Å². The van der Waals surface area contributed by atoms with Crippen molar-refractivity contribution in [1.82, 2.24) is 5.43 Å². The molecule has 0 bridgehead atoms. The van der Waals surface area contributed by atoms with Crippen LogP contribution in [0.5, 0.6) is 5.75 Å². The lowest BCUT2D eigenvalue weighted by atomic mass is 10.3. The molecule has 2 aromatic carbocycles. The van der Waals surface area contributed by atoms with Crippen LogP contribution in [-0.4, -0.2) is 17.6 Å². The van der Waals surface area contributed by atoms with Gasteiger partial charge in [0.05, 0.1) is 11.4 Å². The summed E-state index contributed by atoms with van der Waals surface area (Å²) >= 11 is 0. The van der Waals surface area contributed by atoms with Gasteiger partial charge < -0.3 is 10.8 Å². The highest BCUT2D eigenvalue weighted by molar-refractivity contribution is 5.81. The Hall–Kier alpha value is -2.69. The largest absolute Gasteiger partial charge is 0.506 e. The van der Waals surface area contributed by atoms with Crippen LogP contribution in [0.4, 0.5) is 11.4 Å². The molecule has 4 N–H and O–H groups in total. The second-order valence-corrected chi connectivity index (χ2v) is 4.33. The number of hydrazine groups is 1. The van der Waals surface area contributed by atoms with Crippen molar-refractivity contribution in [3.8, 4) is 5.75 Å². The molecule has 1 aliphatic rings. The summed E-state index contributed by atoms with van der Waals surface area (Å²) in [6.45, 7) is 0.767. The monoisotopic (exact) mass is 271 g/mol. The lowest BCUT2D eigenvalue weighted by Crippen LogP contribution is -2.32. The maximum Gasteiger partial charge on any atom is 0.240 e. The molecule has 5 nitrogen and oxygen atoms in total. The molecule has 2 aromatic rings. The first-order valence-electron chi connectivity index (χ1n) is 6.32. The fraction of sp³-hybridized carbons (Fsp3) is 0.133. The summed E-state index contributed by atoms with van der Waals surface area (Å²) in [6, 6.07) is 16.5. The third kappa shape index (κ3) is 3.65. The molecule has 0 radical (unpaired) electrons. The van der Waals surface area contributed by atoms with Gasteiger partial charge in [-0.1, -0.05) is 30.3 Å². The van der Waals surface area contributed by atoms with Crippen LogP contribution < -0.4 is 16.2 Å². The number of nitrogens with two attached hydrogens (primary N) is 1. The number of para-hydroxylation sites is 3. The zero-order chi connectivity index (χ0) is 14.4. The molecule has 0 spiro atoms. The maximum absolute atomic E-state index is 10.9. The van der Waals surface area contributed by atoms with Gasteiger partial charge in [-0.25, -0.2) is 0 Å². The number of carbonyl (C=O) groups is 1. The summed E-state index contributed by atoms with van der Waals surface area (Å²) in [6.07, 6.45) is 0.592. The van der Waals surface area contributed by atoms with Gasteiger partial charge in [-0.15, -0.1) is 0 Å². The normalized spacial score (nSPS) is 13.4. The molecule has 1 amide bonds. The quantitative estimate of drug-likeness (QED) is 0.547. The number of hydrogen-bond acceptors (Lipinski definition) is 4. The van der Waals surface area contributed by atoms with Crippen LogP contribution in [0, 0.1) is 0 Å². The highest BCUT2D eigenvalue weighted by Crippen LogP contribution is 2.16. The Kier molecular flexibility index (Phi) is 4.44. The van der Waals surface area contributed by atoms with Crippen molar-refractivity contribution >= 4 is 17.3 Å². The SMILES string of the molecule is Nc1ccccc1O.O=C1CCN(c2ccccc2)N1. The fourth-order valence-electron chi connectivity index (χ4n) is 1.76. The summed E-state index contributed by atoms with van der Waals surface area (Å²) in [4.78, 5) is 10.9. The minimum atomic E-state index is 0.0962. The molecule has 1 heterocycles. The van der Waals surface area contributed by atoms with Crippen molar-refractivity contribution in [3.05, 3.63) is 54.6 Å². The lowest BCUT2D eigenvalue weighted by Gasteiger charge is -2.16. The molecule has 0 aliphatic carbocycles. The lowest BCUT2D eigenvalue weighted by molar-refractivity contribution is -0.119. The summed E-state index contributed by atoms with van der Waals surface area (Å²) in [5.74, 6) is 0.242. The Morgan fingerprint density at radius 3 is 2.20 bits per heavy atom. The first-order valence-corrected chi connectivity index (χ1v) is 6.32. The van der Waals surface area contributed by atoms with Gasteiger partial charge >= 0.3 is 0 Å². The number of benzene rings is 2. The van der Waals surface area contributed by atoms with E-state index in [1.165, 1.54) is 0 Å². The number of nitrogen functional groups attached to an aromatic ring is 1. The molecule has 0 saturated carbocycles. The van der Waals surface area contributed by atoms with Crippen LogP contribution in [0.2, 0.25) is 0 Å². The van der Waals surface area contributed by atoms with E-state index in [4.69, 9.17) is 10.8 Å². The highest BCUT2D eigenvalue weighted by Gasteiger charge is 2.17. The molecule has 0 atom stereocenters. The molecule has 1 fully saturated rings. The van der Waals surface area contributed by atoms with Gasteiger partial charge in [0.25, 0.3) is 0 Å². The third-order valence-electron chi connectivity index (χ3n) is 2.83. The van der Waals surface area contributed by atoms with E-state index in [9.17, 15) is 4.79 Å². The summed E-state index contributed by atoms with van der Waals surface area (Å²) < 4.78 is 0. The van der Waals surface area contributed by atoms with Crippen molar-refractivity contribution in [2.75, 3.05) is 17.3 Å². The van der Waals surface area contributed by atoms with Gasteiger partial charge in [0.1, 0.15) is 5.75 Å². The Labute approximate surface area is 117 Å². The van der Waals surface area contributed by atoms with E-state index in [1.54, 1.807) is 24.3 Å². The Balaban J connectivity index is 0.000000160. The predicted octanol–water partition coefficient (Wildman–Crippen LogP) is 1.90. The number of phenolic OH excluding ortho intramolecular Hbond substituents is 1.